The smallest absolute Gasteiger partial charge is 0.167 e. The number of anilines is 1. The van der Waals surface area contributed by atoms with E-state index in [9.17, 15) is 10.2 Å². The second kappa shape index (κ2) is 8.39. The highest BCUT2D eigenvalue weighted by molar-refractivity contribution is 5.81. The highest BCUT2D eigenvalue weighted by atomic mass is 16.6. The molecule has 2 unspecified atom stereocenters. The Balaban J connectivity index is 1.38. The normalized spacial score (nSPS) is 24.4. The Labute approximate surface area is 167 Å². The topological polar surface area (TPSA) is 157 Å². The van der Waals surface area contributed by atoms with Crippen LogP contribution in [0.25, 0.3) is 11.2 Å². The number of nitrogens with two attached hydrogens (primary N) is 2. The molecule has 2 aromatic heterocycles. The van der Waals surface area contributed by atoms with Crippen molar-refractivity contribution in [3.63, 3.8) is 0 Å². The molecule has 3 aromatic rings. The summed E-state index contributed by atoms with van der Waals surface area (Å²) < 4.78 is 7.48. The third kappa shape index (κ3) is 3.80. The second-order valence-electron chi connectivity index (χ2n) is 7.06. The summed E-state index contributed by atoms with van der Waals surface area (Å²) in [6, 6.07) is 8.04. The largest absolute Gasteiger partial charge is 0.387 e. The summed E-state index contributed by atoms with van der Waals surface area (Å²) in [5.74, 6) is 0.248. The number of aromatic nitrogens is 4. The van der Waals surface area contributed by atoms with Gasteiger partial charge >= 0.3 is 0 Å². The number of hydrogen-bond donors (Lipinski definition) is 5. The number of hydrogen-bond acceptors (Lipinski definition) is 9. The van der Waals surface area contributed by atoms with Gasteiger partial charge in [-0.15, -0.1) is 0 Å². The van der Waals surface area contributed by atoms with Crippen molar-refractivity contribution in [2.75, 3.05) is 18.8 Å². The molecule has 29 heavy (non-hydrogen) atoms. The van der Waals surface area contributed by atoms with E-state index in [-0.39, 0.29) is 5.82 Å². The van der Waals surface area contributed by atoms with Gasteiger partial charge in [0.1, 0.15) is 30.2 Å². The molecule has 0 radical (unpaired) electrons. The van der Waals surface area contributed by atoms with Gasteiger partial charge in [0.2, 0.25) is 0 Å². The first-order valence-electron chi connectivity index (χ1n) is 9.52. The van der Waals surface area contributed by atoms with E-state index in [2.05, 4.69) is 26.3 Å². The van der Waals surface area contributed by atoms with Crippen LogP contribution in [-0.4, -0.2) is 61.1 Å². The molecule has 10 nitrogen and oxygen atoms in total. The van der Waals surface area contributed by atoms with Crippen LogP contribution in [0.1, 0.15) is 17.4 Å². The van der Waals surface area contributed by atoms with Crippen LogP contribution in [-0.2, 0) is 17.7 Å². The van der Waals surface area contributed by atoms with Gasteiger partial charge in [0.25, 0.3) is 0 Å². The molecule has 4 atom stereocenters. The second-order valence-corrected chi connectivity index (χ2v) is 7.06. The van der Waals surface area contributed by atoms with Crippen molar-refractivity contribution in [3.05, 3.63) is 48.0 Å². The summed E-state index contributed by atoms with van der Waals surface area (Å²) in [6.45, 7) is 1.59. The number of aliphatic hydroxyl groups is 2. The minimum atomic E-state index is -1.12. The van der Waals surface area contributed by atoms with Gasteiger partial charge in [0, 0.05) is 13.1 Å². The van der Waals surface area contributed by atoms with Crippen molar-refractivity contribution in [1.29, 1.82) is 0 Å². The summed E-state index contributed by atoms with van der Waals surface area (Å²) in [5, 5.41) is 24.2. The number of fused-ring (bicyclic) bond motifs is 1. The van der Waals surface area contributed by atoms with Gasteiger partial charge in [0.05, 0.1) is 6.33 Å². The summed E-state index contributed by atoms with van der Waals surface area (Å²) >= 11 is 0. The maximum atomic E-state index is 10.5. The minimum absolute atomic E-state index is 0.248. The number of nitrogen functional groups attached to an aromatic ring is 1. The number of benzene rings is 1. The number of imidazole rings is 1. The third-order valence-electron chi connectivity index (χ3n) is 5.25. The fraction of sp³-hybridized carbons (Fsp3) is 0.421. The molecule has 10 heteroatoms. The molecular weight excluding hydrogens is 374 g/mol. The Kier molecular flexibility index (Phi) is 5.69. The van der Waals surface area contributed by atoms with Gasteiger partial charge < -0.3 is 31.7 Å². The monoisotopic (exact) mass is 399 g/mol. The quantitative estimate of drug-likeness (QED) is 0.325. The fourth-order valence-corrected chi connectivity index (χ4v) is 3.65. The van der Waals surface area contributed by atoms with Gasteiger partial charge in [-0.05, 0) is 24.1 Å². The van der Waals surface area contributed by atoms with E-state index in [1.807, 2.05) is 18.2 Å². The van der Waals surface area contributed by atoms with Gasteiger partial charge in [-0.2, -0.15) is 0 Å². The Hall–Kier alpha value is -2.63. The average molecular weight is 399 g/mol. The summed E-state index contributed by atoms with van der Waals surface area (Å²) in [4.78, 5) is 12.3. The van der Waals surface area contributed by atoms with Crippen LogP contribution in [0.15, 0.2) is 36.9 Å². The lowest BCUT2D eigenvalue weighted by molar-refractivity contribution is -0.0341. The average Bonchev–Trinajstić information content (AvgIpc) is 3.28. The van der Waals surface area contributed by atoms with Crippen molar-refractivity contribution >= 4 is 17.0 Å². The fourth-order valence-electron chi connectivity index (χ4n) is 3.65. The van der Waals surface area contributed by atoms with Crippen LogP contribution in [0.2, 0.25) is 0 Å². The first-order chi connectivity index (χ1) is 14.1. The van der Waals surface area contributed by atoms with Gasteiger partial charge in [-0.3, -0.25) is 4.57 Å². The maximum absolute atomic E-state index is 10.5. The van der Waals surface area contributed by atoms with Crippen molar-refractivity contribution in [2.45, 2.75) is 37.5 Å². The van der Waals surface area contributed by atoms with Crippen molar-refractivity contribution in [1.82, 2.24) is 24.8 Å². The molecule has 1 saturated heterocycles. The Bertz CT molecular complexity index is 979. The van der Waals surface area contributed by atoms with Crippen LogP contribution in [0.5, 0.6) is 0 Å². The van der Waals surface area contributed by atoms with Gasteiger partial charge in [-0.1, -0.05) is 24.3 Å². The Morgan fingerprint density at radius 2 is 1.90 bits per heavy atom. The first-order valence-corrected chi connectivity index (χ1v) is 9.52. The maximum Gasteiger partial charge on any atom is 0.167 e. The summed E-state index contributed by atoms with van der Waals surface area (Å²) in [7, 11) is 0. The van der Waals surface area contributed by atoms with Crippen molar-refractivity contribution in [2.24, 2.45) is 5.73 Å². The Morgan fingerprint density at radius 1 is 1.10 bits per heavy atom. The molecule has 0 saturated carbocycles. The lowest BCUT2D eigenvalue weighted by atomic mass is 10.0. The summed E-state index contributed by atoms with van der Waals surface area (Å²) in [5.41, 5.74) is 14.8. The molecule has 154 valence electrons. The molecule has 0 aliphatic carbocycles. The zero-order valence-corrected chi connectivity index (χ0v) is 15.8. The summed E-state index contributed by atoms with van der Waals surface area (Å²) in [6.07, 6.45) is 0.0749. The van der Waals surface area contributed by atoms with E-state index in [1.165, 1.54) is 18.2 Å². The van der Waals surface area contributed by atoms with Crippen LogP contribution >= 0.6 is 0 Å². The standard InChI is InChI=1S/C19H25N7O3/c20-7-12-4-2-1-3-11(12)5-6-22-8-13-15(27)16(28)19(29-13)26-10-25-14-17(21)23-9-24-18(14)26/h1-4,9-10,13,15-16,19,22,27-28H,5-8,20H2,(H2,21,23,24)/t13-,15?,16?,19-/m1/s1. The molecule has 7 N–H and O–H groups in total. The van der Waals surface area contributed by atoms with Crippen molar-refractivity contribution in [3.8, 4) is 0 Å². The van der Waals surface area contributed by atoms with E-state index in [0.717, 1.165) is 12.0 Å². The molecule has 0 spiro atoms. The predicted octanol–water partition coefficient (Wildman–Crippen LogP) is -0.681. The molecule has 1 aliphatic heterocycles. The van der Waals surface area contributed by atoms with Crippen LogP contribution in [0.4, 0.5) is 5.82 Å². The van der Waals surface area contributed by atoms with Crippen LogP contribution in [0.3, 0.4) is 0 Å². The van der Waals surface area contributed by atoms with E-state index in [0.29, 0.717) is 30.8 Å². The zero-order chi connectivity index (χ0) is 20.4. The molecule has 0 amide bonds. The SMILES string of the molecule is NCc1ccccc1CCNC[C@H]1O[C@@H](n2cnc3c(N)ncnc32)C(O)C1O. The van der Waals surface area contributed by atoms with Crippen molar-refractivity contribution < 1.29 is 14.9 Å². The van der Waals surface area contributed by atoms with E-state index < -0.39 is 24.5 Å². The number of ether oxygens (including phenoxy) is 1. The predicted molar refractivity (Wildman–Crippen MR) is 107 cm³/mol. The van der Waals surface area contributed by atoms with E-state index >= 15 is 0 Å². The van der Waals surface area contributed by atoms with Crippen LogP contribution < -0.4 is 16.8 Å². The van der Waals surface area contributed by atoms with Gasteiger partial charge in [-0.25, -0.2) is 15.0 Å². The molecule has 3 heterocycles. The number of aliphatic hydroxyl groups excluding tert-OH is 2. The molecule has 0 bridgehead atoms. The third-order valence-corrected chi connectivity index (χ3v) is 5.25. The van der Waals surface area contributed by atoms with E-state index in [4.69, 9.17) is 16.2 Å². The molecule has 1 aliphatic rings. The number of nitrogens with one attached hydrogen (secondary N) is 1. The van der Waals surface area contributed by atoms with E-state index in [1.54, 1.807) is 4.57 Å². The zero-order valence-electron chi connectivity index (χ0n) is 15.8. The first kappa shape index (κ1) is 19.7. The minimum Gasteiger partial charge on any atom is -0.387 e. The number of nitrogens with zero attached hydrogens (tertiary/aromatic N) is 4. The molecule has 1 aromatic carbocycles. The molecule has 4 rings (SSSR count). The molecular formula is C19H25N7O3. The van der Waals surface area contributed by atoms with Gasteiger partial charge in [0.15, 0.2) is 17.7 Å². The highest BCUT2D eigenvalue weighted by Crippen LogP contribution is 2.31. The highest BCUT2D eigenvalue weighted by Gasteiger charge is 2.44. The van der Waals surface area contributed by atoms with Crippen LogP contribution in [0, 0.1) is 0 Å². The molecule has 1 fully saturated rings. The lowest BCUT2D eigenvalue weighted by Gasteiger charge is -2.16. The Morgan fingerprint density at radius 3 is 2.69 bits per heavy atom. The number of rotatable bonds is 7. The lowest BCUT2D eigenvalue weighted by Crippen LogP contribution is -2.38.